The van der Waals surface area contributed by atoms with Gasteiger partial charge in [0, 0.05) is 19.7 Å². The van der Waals surface area contributed by atoms with Crippen molar-refractivity contribution in [1.29, 1.82) is 0 Å². The van der Waals surface area contributed by atoms with Crippen LogP contribution in [0.25, 0.3) is 0 Å². The van der Waals surface area contributed by atoms with Crippen molar-refractivity contribution in [3.8, 4) is 0 Å². The van der Waals surface area contributed by atoms with Crippen molar-refractivity contribution in [2.75, 3.05) is 26.3 Å². The van der Waals surface area contributed by atoms with E-state index in [0.29, 0.717) is 31.7 Å². The van der Waals surface area contributed by atoms with Gasteiger partial charge in [0.15, 0.2) is 0 Å². The summed E-state index contributed by atoms with van der Waals surface area (Å²) in [5.74, 6) is -1.24. The first-order chi connectivity index (χ1) is 10.4. The zero-order chi connectivity index (χ0) is 16.2. The van der Waals surface area contributed by atoms with Crippen molar-refractivity contribution in [3.63, 3.8) is 0 Å². The molecule has 0 saturated carbocycles. The number of carboxylic acids is 1. The summed E-state index contributed by atoms with van der Waals surface area (Å²) in [4.78, 5) is 11.5. The fourth-order valence-electron chi connectivity index (χ4n) is 2.30. The van der Waals surface area contributed by atoms with Crippen LogP contribution in [0.4, 0.5) is 0 Å². The van der Waals surface area contributed by atoms with Gasteiger partial charge in [-0.25, -0.2) is 0 Å². The third-order valence-corrected chi connectivity index (χ3v) is 4.99. The van der Waals surface area contributed by atoms with Gasteiger partial charge in [0.2, 0.25) is 0 Å². The molecule has 0 bridgehead atoms. The lowest BCUT2D eigenvalue weighted by Gasteiger charge is -2.23. The van der Waals surface area contributed by atoms with Gasteiger partial charge < -0.3 is 9.84 Å². The van der Waals surface area contributed by atoms with Crippen molar-refractivity contribution in [2.24, 2.45) is 0 Å². The number of aliphatic carboxylic acids is 1. The second kappa shape index (κ2) is 7.19. The fourth-order valence-corrected chi connectivity index (χ4v) is 3.67. The first kappa shape index (κ1) is 16.9. The molecular weight excluding hydrogens is 308 g/mol. The number of carbonyl (C=O) groups is 1. The number of rotatable bonds is 5. The van der Waals surface area contributed by atoms with Gasteiger partial charge in [-0.15, -0.1) is 0 Å². The smallest absolute Gasteiger partial charge is 0.326 e. The molecule has 0 aliphatic carbocycles. The lowest BCUT2D eigenvalue weighted by Crippen LogP contribution is -2.45. The van der Waals surface area contributed by atoms with Crippen LogP contribution in [0, 0.1) is 6.92 Å². The van der Waals surface area contributed by atoms with E-state index in [1.807, 2.05) is 13.0 Å². The van der Waals surface area contributed by atoms with Crippen molar-refractivity contribution < 1.29 is 23.1 Å². The average Bonchev–Trinajstić information content (AvgIpc) is 2.74. The fraction of sp³-hybridized carbons (Fsp3) is 0.500. The number of hydrogen-bond acceptors (Lipinski definition) is 4. The summed E-state index contributed by atoms with van der Waals surface area (Å²) in [6, 6.07) is 5.47. The van der Waals surface area contributed by atoms with E-state index < -0.39 is 22.2 Å². The molecule has 0 amide bonds. The Bertz CT molecular complexity index is 624. The highest BCUT2D eigenvalue weighted by molar-refractivity contribution is 7.87. The van der Waals surface area contributed by atoms with E-state index in [1.165, 1.54) is 4.31 Å². The zero-order valence-electron chi connectivity index (χ0n) is 12.4. The summed E-state index contributed by atoms with van der Waals surface area (Å²) in [5.41, 5.74) is 1.27. The molecule has 8 heteroatoms. The number of ether oxygens (including phenoxy) is 1. The minimum Gasteiger partial charge on any atom is -0.480 e. The van der Waals surface area contributed by atoms with Crippen molar-refractivity contribution in [3.05, 3.63) is 35.4 Å². The molecule has 1 fully saturated rings. The summed E-state index contributed by atoms with van der Waals surface area (Å²) < 4.78 is 33.5. The second-order valence-electron chi connectivity index (χ2n) is 5.17. The summed E-state index contributed by atoms with van der Waals surface area (Å²) in [7, 11) is -3.89. The number of nitrogens with zero attached hydrogens (tertiary/aromatic N) is 1. The Hall–Kier alpha value is -1.48. The Morgan fingerprint density at radius 2 is 2.14 bits per heavy atom. The molecule has 0 spiro atoms. The molecule has 0 radical (unpaired) electrons. The summed E-state index contributed by atoms with van der Waals surface area (Å²) in [6.45, 7) is 3.17. The van der Waals surface area contributed by atoms with E-state index in [0.717, 1.165) is 5.56 Å². The van der Waals surface area contributed by atoms with Gasteiger partial charge in [0.1, 0.15) is 6.04 Å². The molecule has 2 rings (SSSR count). The molecule has 1 aromatic carbocycles. The van der Waals surface area contributed by atoms with E-state index in [1.54, 1.807) is 18.2 Å². The maximum absolute atomic E-state index is 12.4. The molecule has 1 aliphatic heterocycles. The number of benzene rings is 1. The maximum Gasteiger partial charge on any atom is 0.326 e. The van der Waals surface area contributed by atoms with Crippen LogP contribution in [0.3, 0.4) is 0 Å². The molecule has 1 heterocycles. The molecule has 2 N–H and O–H groups in total. The van der Waals surface area contributed by atoms with Crippen molar-refractivity contribution in [2.45, 2.75) is 19.4 Å². The molecule has 1 atom stereocenters. The standard InChI is InChI=1S/C14H20N2O5S/c1-11-4-2-5-12(10-11)13(14(17)18)15-22(19,20)16-6-3-8-21-9-7-16/h2,4-5,10,13,15H,3,6-9H2,1H3,(H,17,18). The average molecular weight is 328 g/mol. The lowest BCUT2D eigenvalue weighted by molar-refractivity contribution is -0.139. The van der Waals surface area contributed by atoms with Crippen LogP contribution >= 0.6 is 0 Å². The SMILES string of the molecule is Cc1cccc(C(NS(=O)(=O)N2CCCOCC2)C(=O)O)c1. The van der Waals surface area contributed by atoms with Gasteiger partial charge in [0.05, 0.1) is 6.61 Å². The lowest BCUT2D eigenvalue weighted by atomic mass is 10.1. The van der Waals surface area contributed by atoms with Gasteiger partial charge in [-0.05, 0) is 18.9 Å². The van der Waals surface area contributed by atoms with Gasteiger partial charge in [-0.1, -0.05) is 29.8 Å². The zero-order valence-corrected chi connectivity index (χ0v) is 13.2. The van der Waals surface area contributed by atoms with E-state index in [4.69, 9.17) is 4.74 Å². The van der Waals surface area contributed by atoms with E-state index in [-0.39, 0.29) is 6.54 Å². The molecular formula is C14H20N2O5S. The summed E-state index contributed by atoms with van der Waals surface area (Å²) in [6.07, 6.45) is 0.586. The van der Waals surface area contributed by atoms with Gasteiger partial charge >= 0.3 is 5.97 Å². The molecule has 1 aromatic rings. The van der Waals surface area contributed by atoms with E-state index in [2.05, 4.69) is 4.72 Å². The third-order valence-electron chi connectivity index (χ3n) is 3.41. The van der Waals surface area contributed by atoms with Crippen LogP contribution in [0.2, 0.25) is 0 Å². The molecule has 122 valence electrons. The highest BCUT2D eigenvalue weighted by Crippen LogP contribution is 2.17. The first-order valence-electron chi connectivity index (χ1n) is 7.04. The van der Waals surface area contributed by atoms with Crippen LogP contribution in [0.1, 0.15) is 23.6 Å². The summed E-state index contributed by atoms with van der Waals surface area (Å²) in [5, 5.41) is 9.36. The monoisotopic (exact) mass is 328 g/mol. The Morgan fingerprint density at radius 1 is 1.36 bits per heavy atom. The molecule has 0 aromatic heterocycles. The van der Waals surface area contributed by atoms with Crippen LogP contribution in [-0.2, 0) is 19.7 Å². The number of carboxylic acid groups (broad SMARTS) is 1. The Morgan fingerprint density at radius 3 is 2.82 bits per heavy atom. The van der Waals surface area contributed by atoms with Crippen LogP contribution in [0.15, 0.2) is 24.3 Å². The van der Waals surface area contributed by atoms with Crippen molar-refractivity contribution >= 4 is 16.2 Å². The number of hydrogen-bond donors (Lipinski definition) is 2. The minimum absolute atomic E-state index is 0.218. The highest BCUT2D eigenvalue weighted by atomic mass is 32.2. The van der Waals surface area contributed by atoms with Gasteiger partial charge in [0.25, 0.3) is 10.2 Å². The van der Waals surface area contributed by atoms with Crippen LogP contribution in [0.5, 0.6) is 0 Å². The second-order valence-corrected chi connectivity index (χ2v) is 6.88. The summed E-state index contributed by atoms with van der Waals surface area (Å²) >= 11 is 0. The molecule has 1 aliphatic rings. The third kappa shape index (κ3) is 4.26. The number of aryl methyl sites for hydroxylation is 1. The molecule has 1 unspecified atom stereocenters. The van der Waals surface area contributed by atoms with Crippen molar-refractivity contribution in [1.82, 2.24) is 9.03 Å². The van der Waals surface area contributed by atoms with Crippen LogP contribution in [-0.4, -0.2) is 50.1 Å². The normalized spacial score (nSPS) is 18.6. The minimum atomic E-state index is -3.89. The quantitative estimate of drug-likeness (QED) is 0.828. The first-order valence-corrected chi connectivity index (χ1v) is 8.49. The van der Waals surface area contributed by atoms with Gasteiger partial charge in [-0.3, -0.25) is 4.79 Å². The van der Waals surface area contributed by atoms with Gasteiger partial charge in [-0.2, -0.15) is 17.4 Å². The topological polar surface area (TPSA) is 95.9 Å². The van der Waals surface area contributed by atoms with E-state index in [9.17, 15) is 18.3 Å². The van der Waals surface area contributed by atoms with Crippen LogP contribution < -0.4 is 4.72 Å². The Labute approximate surface area is 130 Å². The molecule has 7 nitrogen and oxygen atoms in total. The predicted octanol–water partition coefficient (Wildman–Crippen LogP) is 0.677. The highest BCUT2D eigenvalue weighted by Gasteiger charge is 2.30. The maximum atomic E-state index is 12.4. The number of nitrogens with one attached hydrogen (secondary N) is 1. The predicted molar refractivity (Wildman–Crippen MR) is 80.6 cm³/mol. The largest absolute Gasteiger partial charge is 0.480 e. The Balaban J connectivity index is 2.21. The molecule has 22 heavy (non-hydrogen) atoms. The van der Waals surface area contributed by atoms with E-state index >= 15 is 0 Å². The molecule has 1 saturated heterocycles. The Kier molecular flexibility index (Phi) is 5.52.